The van der Waals surface area contributed by atoms with E-state index in [0.717, 1.165) is 28.2 Å². The summed E-state index contributed by atoms with van der Waals surface area (Å²) in [5, 5.41) is 0. The van der Waals surface area contributed by atoms with Gasteiger partial charge in [-0.15, -0.1) is 0 Å². The van der Waals surface area contributed by atoms with E-state index in [2.05, 4.69) is 4.98 Å². The Hall–Kier alpha value is -3.27. The Morgan fingerprint density at radius 1 is 0.680 bits per heavy atom. The average Bonchev–Trinajstić information content (AvgIpc) is 3.09. The lowest BCUT2D eigenvalue weighted by Crippen LogP contribution is -1.97. The molecule has 0 aliphatic rings. The van der Waals surface area contributed by atoms with Gasteiger partial charge in [0.1, 0.15) is 23.6 Å². The van der Waals surface area contributed by atoms with Gasteiger partial charge in [0.15, 0.2) is 12.2 Å². The summed E-state index contributed by atoms with van der Waals surface area (Å²) in [6, 6.07) is 25.3. The van der Waals surface area contributed by atoms with Crippen LogP contribution in [0.5, 0.6) is 11.5 Å². The highest BCUT2D eigenvalue weighted by molar-refractivity contribution is 5.72. The third-order valence-corrected chi connectivity index (χ3v) is 3.77. The fourth-order valence-corrected chi connectivity index (χ4v) is 2.50. The number of fused-ring (bicyclic) bond motifs is 1. The SMILES string of the molecule is c1ccc(COc2ccc(OCc3nc4ccccc4o3)cc2)cc1. The molecule has 0 unspecified atom stereocenters. The fourth-order valence-electron chi connectivity index (χ4n) is 2.50. The molecule has 1 aromatic heterocycles. The number of nitrogens with zero attached hydrogens (tertiary/aromatic N) is 1. The highest BCUT2D eigenvalue weighted by Gasteiger charge is 2.06. The number of aromatic nitrogens is 1. The summed E-state index contributed by atoms with van der Waals surface area (Å²) in [6.07, 6.45) is 0. The molecule has 4 rings (SSSR count). The van der Waals surface area contributed by atoms with E-state index in [0.29, 0.717) is 19.1 Å². The van der Waals surface area contributed by atoms with Crippen molar-refractivity contribution in [3.8, 4) is 11.5 Å². The zero-order valence-corrected chi connectivity index (χ0v) is 13.6. The van der Waals surface area contributed by atoms with Gasteiger partial charge in [0.05, 0.1) is 0 Å². The topological polar surface area (TPSA) is 44.5 Å². The predicted octanol–water partition coefficient (Wildman–Crippen LogP) is 4.99. The summed E-state index contributed by atoms with van der Waals surface area (Å²) < 4.78 is 17.1. The molecule has 0 aliphatic heterocycles. The number of hydrogen-bond donors (Lipinski definition) is 0. The molecule has 0 spiro atoms. The number of ether oxygens (including phenoxy) is 2. The monoisotopic (exact) mass is 331 g/mol. The van der Waals surface area contributed by atoms with Crippen molar-refractivity contribution in [3.63, 3.8) is 0 Å². The molecule has 0 atom stereocenters. The van der Waals surface area contributed by atoms with Crippen molar-refractivity contribution >= 4 is 11.1 Å². The largest absolute Gasteiger partial charge is 0.489 e. The second kappa shape index (κ2) is 7.09. The molecule has 4 aromatic rings. The van der Waals surface area contributed by atoms with Crippen LogP contribution in [0.3, 0.4) is 0 Å². The van der Waals surface area contributed by atoms with Crippen LogP contribution in [0.25, 0.3) is 11.1 Å². The number of hydrogen-bond acceptors (Lipinski definition) is 4. The number of oxazole rings is 1. The van der Waals surface area contributed by atoms with Crippen LogP contribution in [0.1, 0.15) is 11.5 Å². The lowest BCUT2D eigenvalue weighted by Gasteiger charge is -2.08. The third-order valence-electron chi connectivity index (χ3n) is 3.77. The first kappa shape index (κ1) is 15.3. The van der Waals surface area contributed by atoms with Crippen LogP contribution in [-0.2, 0) is 13.2 Å². The Labute approximate surface area is 145 Å². The van der Waals surface area contributed by atoms with Gasteiger partial charge < -0.3 is 13.9 Å². The van der Waals surface area contributed by atoms with Crippen molar-refractivity contribution in [2.24, 2.45) is 0 Å². The second-order valence-corrected chi connectivity index (χ2v) is 5.61. The van der Waals surface area contributed by atoms with Crippen LogP contribution in [0.15, 0.2) is 83.3 Å². The predicted molar refractivity (Wildman–Crippen MR) is 95.6 cm³/mol. The minimum absolute atomic E-state index is 0.291. The zero-order chi connectivity index (χ0) is 16.9. The van der Waals surface area contributed by atoms with Crippen LogP contribution in [-0.4, -0.2) is 4.98 Å². The maximum Gasteiger partial charge on any atom is 0.233 e. The Balaban J connectivity index is 1.34. The van der Waals surface area contributed by atoms with Crippen LogP contribution in [0.4, 0.5) is 0 Å². The van der Waals surface area contributed by atoms with Crippen molar-refractivity contribution in [1.82, 2.24) is 4.98 Å². The van der Waals surface area contributed by atoms with Gasteiger partial charge >= 0.3 is 0 Å². The van der Waals surface area contributed by atoms with E-state index < -0.39 is 0 Å². The molecule has 0 saturated heterocycles. The number of rotatable bonds is 6. The Kier molecular flexibility index (Phi) is 4.33. The average molecular weight is 331 g/mol. The van der Waals surface area contributed by atoms with Crippen LogP contribution in [0.2, 0.25) is 0 Å². The first-order valence-electron chi connectivity index (χ1n) is 8.11. The molecule has 0 bridgehead atoms. The maximum absolute atomic E-state index is 5.76. The minimum Gasteiger partial charge on any atom is -0.489 e. The van der Waals surface area contributed by atoms with E-state index in [1.54, 1.807) is 0 Å². The van der Waals surface area contributed by atoms with Crippen LogP contribution in [0, 0.1) is 0 Å². The molecule has 0 saturated carbocycles. The highest BCUT2D eigenvalue weighted by atomic mass is 16.5. The summed E-state index contributed by atoms with van der Waals surface area (Å²) >= 11 is 0. The van der Waals surface area contributed by atoms with Gasteiger partial charge in [-0.3, -0.25) is 0 Å². The third kappa shape index (κ3) is 3.80. The lowest BCUT2D eigenvalue weighted by molar-refractivity contribution is 0.266. The zero-order valence-electron chi connectivity index (χ0n) is 13.6. The van der Waals surface area contributed by atoms with Crippen molar-refractivity contribution in [1.29, 1.82) is 0 Å². The van der Waals surface area contributed by atoms with Gasteiger partial charge in [-0.2, -0.15) is 0 Å². The Bertz CT molecular complexity index is 913. The smallest absolute Gasteiger partial charge is 0.233 e. The summed E-state index contributed by atoms with van der Waals surface area (Å²) in [7, 11) is 0. The van der Waals surface area contributed by atoms with E-state index in [9.17, 15) is 0 Å². The van der Waals surface area contributed by atoms with Gasteiger partial charge in [0.2, 0.25) is 5.89 Å². The van der Waals surface area contributed by atoms with Crippen molar-refractivity contribution in [2.75, 3.05) is 0 Å². The highest BCUT2D eigenvalue weighted by Crippen LogP contribution is 2.21. The molecule has 0 fully saturated rings. The molecule has 0 aliphatic carbocycles. The van der Waals surface area contributed by atoms with Gasteiger partial charge in [-0.25, -0.2) is 4.98 Å². The van der Waals surface area contributed by atoms with E-state index in [1.807, 2.05) is 78.9 Å². The molecule has 0 radical (unpaired) electrons. The Morgan fingerprint density at radius 3 is 2.04 bits per heavy atom. The van der Waals surface area contributed by atoms with Crippen molar-refractivity contribution in [2.45, 2.75) is 13.2 Å². The van der Waals surface area contributed by atoms with E-state index >= 15 is 0 Å². The number of para-hydroxylation sites is 2. The van der Waals surface area contributed by atoms with E-state index in [-0.39, 0.29) is 0 Å². The molecule has 4 nitrogen and oxygen atoms in total. The molecule has 4 heteroatoms. The van der Waals surface area contributed by atoms with Gasteiger partial charge in [0, 0.05) is 0 Å². The summed E-state index contributed by atoms with van der Waals surface area (Å²) in [5.74, 6) is 2.11. The van der Waals surface area contributed by atoms with Gasteiger partial charge in [-0.05, 0) is 42.0 Å². The molecule has 0 N–H and O–H groups in total. The minimum atomic E-state index is 0.291. The first-order chi connectivity index (χ1) is 12.4. The lowest BCUT2D eigenvalue weighted by atomic mass is 10.2. The van der Waals surface area contributed by atoms with Crippen LogP contribution >= 0.6 is 0 Å². The summed E-state index contributed by atoms with van der Waals surface area (Å²) in [4.78, 5) is 4.39. The molecule has 124 valence electrons. The molecule has 25 heavy (non-hydrogen) atoms. The van der Waals surface area contributed by atoms with Crippen molar-refractivity contribution in [3.05, 3.63) is 90.3 Å². The van der Waals surface area contributed by atoms with E-state index in [4.69, 9.17) is 13.9 Å². The van der Waals surface area contributed by atoms with E-state index in [1.165, 1.54) is 0 Å². The summed E-state index contributed by atoms with van der Waals surface area (Å²) in [6.45, 7) is 0.836. The summed E-state index contributed by atoms with van der Waals surface area (Å²) in [5.41, 5.74) is 2.75. The quantitative estimate of drug-likeness (QED) is 0.499. The standard InChI is InChI=1S/C21H17NO3/c1-2-6-16(7-3-1)14-23-17-10-12-18(13-11-17)24-15-21-22-19-8-4-5-9-20(19)25-21/h1-13H,14-15H2. The molecule has 3 aromatic carbocycles. The van der Waals surface area contributed by atoms with Gasteiger partial charge in [0.25, 0.3) is 0 Å². The van der Waals surface area contributed by atoms with Crippen LogP contribution < -0.4 is 9.47 Å². The normalized spacial score (nSPS) is 10.7. The fraction of sp³-hybridized carbons (Fsp3) is 0.0952. The first-order valence-corrected chi connectivity index (χ1v) is 8.11. The molecule has 1 heterocycles. The number of benzene rings is 3. The maximum atomic E-state index is 5.76. The molecular formula is C21H17NO3. The molecule has 0 amide bonds. The molecular weight excluding hydrogens is 314 g/mol. The Morgan fingerprint density at radius 2 is 1.32 bits per heavy atom. The van der Waals surface area contributed by atoms with Crippen molar-refractivity contribution < 1.29 is 13.9 Å². The van der Waals surface area contributed by atoms with Gasteiger partial charge in [-0.1, -0.05) is 42.5 Å². The second-order valence-electron chi connectivity index (χ2n) is 5.61.